The van der Waals surface area contributed by atoms with Crippen LogP contribution in [0.4, 0.5) is 4.79 Å². The van der Waals surface area contributed by atoms with Crippen molar-refractivity contribution in [3.63, 3.8) is 0 Å². The van der Waals surface area contributed by atoms with Crippen LogP contribution >= 0.6 is 0 Å². The van der Waals surface area contributed by atoms with Crippen molar-refractivity contribution in [2.24, 2.45) is 5.92 Å². The number of unbranched alkanes of at least 4 members (excludes halogenated alkanes) is 1. The molecule has 2 amide bonds. The summed E-state index contributed by atoms with van der Waals surface area (Å²) in [6.07, 6.45) is 3.31. The Kier molecular flexibility index (Phi) is 7.37. The van der Waals surface area contributed by atoms with Gasteiger partial charge in [-0.05, 0) is 57.6 Å². The molecule has 134 valence electrons. The number of rotatable bonds is 7. The number of piperidine rings is 1. The SMILES string of the molecule is Cc1ccc(OCCCCNC(=O)N2CCC(C(C)O)CC2)cc1. The Balaban J connectivity index is 1.53. The molecule has 24 heavy (non-hydrogen) atoms. The van der Waals surface area contributed by atoms with E-state index in [-0.39, 0.29) is 12.1 Å². The van der Waals surface area contributed by atoms with Crippen LogP contribution in [0.5, 0.6) is 5.75 Å². The molecule has 1 aliphatic heterocycles. The fraction of sp³-hybridized carbons (Fsp3) is 0.632. The molecule has 1 aliphatic rings. The molecule has 2 N–H and O–H groups in total. The fourth-order valence-corrected chi connectivity index (χ4v) is 2.94. The topological polar surface area (TPSA) is 61.8 Å². The van der Waals surface area contributed by atoms with E-state index in [1.165, 1.54) is 5.56 Å². The third-order valence-corrected chi connectivity index (χ3v) is 4.65. The van der Waals surface area contributed by atoms with Gasteiger partial charge in [0.05, 0.1) is 12.7 Å². The van der Waals surface area contributed by atoms with Gasteiger partial charge < -0.3 is 20.1 Å². The quantitative estimate of drug-likeness (QED) is 0.754. The van der Waals surface area contributed by atoms with Crippen LogP contribution in [0.1, 0.15) is 38.2 Å². The highest BCUT2D eigenvalue weighted by Crippen LogP contribution is 2.20. The van der Waals surface area contributed by atoms with Crippen molar-refractivity contribution in [2.45, 2.75) is 45.6 Å². The van der Waals surface area contributed by atoms with Crippen LogP contribution < -0.4 is 10.1 Å². The molecular weight excluding hydrogens is 304 g/mol. The third-order valence-electron chi connectivity index (χ3n) is 4.65. The number of amides is 2. The van der Waals surface area contributed by atoms with Gasteiger partial charge in [0.15, 0.2) is 0 Å². The molecule has 0 bridgehead atoms. The van der Waals surface area contributed by atoms with Crippen LogP contribution in [0, 0.1) is 12.8 Å². The number of benzene rings is 1. The number of hydrogen-bond acceptors (Lipinski definition) is 3. The molecule has 2 rings (SSSR count). The van der Waals surface area contributed by atoms with E-state index in [1.807, 2.05) is 36.1 Å². The normalized spacial score (nSPS) is 16.7. The van der Waals surface area contributed by atoms with Crippen molar-refractivity contribution in [3.05, 3.63) is 29.8 Å². The van der Waals surface area contributed by atoms with Gasteiger partial charge in [-0.15, -0.1) is 0 Å². The van der Waals surface area contributed by atoms with E-state index < -0.39 is 0 Å². The average molecular weight is 334 g/mol. The molecular formula is C19H30N2O3. The fourth-order valence-electron chi connectivity index (χ4n) is 2.94. The Morgan fingerprint density at radius 2 is 1.96 bits per heavy atom. The minimum atomic E-state index is -0.274. The predicted molar refractivity (Wildman–Crippen MR) is 95.3 cm³/mol. The number of aryl methyl sites for hydroxylation is 1. The van der Waals surface area contributed by atoms with Crippen LogP contribution in [0.25, 0.3) is 0 Å². The number of carbonyl (C=O) groups excluding carboxylic acids is 1. The Labute approximate surface area is 145 Å². The number of likely N-dealkylation sites (tertiary alicyclic amines) is 1. The van der Waals surface area contributed by atoms with Crippen molar-refractivity contribution in [2.75, 3.05) is 26.2 Å². The first kappa shape index (κ1) is 18.6. The largest absolute Gasteiger partial charge is 0.494 e. The molecule has 0 aromatic heterocycles. The zero-order chi connectivity index (χ0) is 17.4. The van der Waals surface area contributed by atoms with Crippen LogP contribution in [0.2, 0.25) is 0 Å². The van der Waals surface area contributed by atoms with Gasteiger partial charge in [0.2, 0.25) is 0 Å². The number of carbonyl (C=O) groups is 1. The van der Waals surface area contributed by atoms with E-state index in [4.69, 9.17) is 4.74 Å². The highest BCUT2D eigenvalue weighted by atomic mass is 16.5. The van der Waals surface area contributed by atoms with Crippen LogP contribution in [0.15, 0.2) is 24.3 Å². The molecule has 0 spiro atoms. The maximum Gasteiger partial charge on any atom is 0.317 e. The summed E-state index contributed by atoms with van der Waals surface area (Å²) in [5, 5.41) is 12.6. The molecule has 1 fully saturated rings. The second-order valence-corrected chi connectivity index (χ2v) is 6.67. The van der Waals surface area contributed by atoms with Crippen molar-refractivity contribution in [1.82, 2.24) is 10.2 Å². The van der Waals surface area contributed by atoms with Gasteiger partial charge in [0.25, 0.3) is 0 Å². The number of aliphatic hydroxyl groups excluding tert-OH is 1. The molecule has 1 heterocycles. The maximum atomic E-state index is 12.1. The smallest absolute Gasteiger partial charge is 0.317 e. The van der Waals surface area contributed by atoms with Gasteiger partial charge in [-0.1, -0.05) is 17.7 Å². The standard InChI is InChI=1S/C19H30N2O3/c1-15-5-7-18(8-6-15)24-14-4-3-11-20-19(23)21-12-9-17(10-13-21)16(2)22/h5-8,16-17,22H,3-4,9-14H2,1-2H3,(H,20,23). The summed E-state index contributed by atoms with van der Waals surface area (Å²) >= 11 is 0. The average Bonchev–Trinajstić information content (AvgIpc) is 2.59. The molecule has 5 nitrogen and oxygen atoms in total. The Morgan fingerprint density at radius 3 is 2.58 bits per heavy atom. The highest BCUT2D eigenvalue weighted by molar-refractivity contribution is 5.74. The number of nitrogens with zero attached hydrogens (tertiary/aromatic N) is 1. The molecule has 5 heteroatoms. The summed E-state index contributed by atoms with van der Waals surface area (Å²) in [5.41, 5.74) is 1.22. The highest BCUT2D eigenvalue weighted by Gasteiger charge is 2.24. The second kappa shape index (κ2) is 9.52. The number of urea groups is 1. The molecule has 1 aromatic rings. The van der Waals surface area contributed by atoms with Crippen molar-refractivity contribution >= 4 is 6.03 Å². The van der Waals surface area contributed by atoms with Gasteiger partial charge in [0, 0.05) is 19.6 Å². The van der Waals surface area contributed by atoms with Gasteiger partial charge in [-0.2, -0.15) is 0 Å². The van der Waals surface area contributed by atoms with Crippen molar-refractivity contribution < 1.29 is 14.6 Å². The number of aliphatic hydroxyl groups is 1. The first-order chi connectivity index (χ1) is 11.6. The monoisotopic (exact) mass is 334 g/mol. The molecule has 1 saturated heterocycles. The van der Waals surface area contributed by atoms with Crippen molar-refractivity contribution in [1.29, 1.82) is 0 Å². The van der Waals surface area contributed by atoms with E-state index in [2.05, 4.69) is 12.2 Å². The minimum Gasteiger partial charge on any atom is -0.494 e. The molecule has 1 unspecified atom stereocenters. The van der Waals surface area contributed by atoms with Crippen LogP contribution in [-0.4, -0.2) is 48.4 Å². The zero-order valence-corrected chi connectivity index (χ0v) is 14.8. The zero-order valence-electron chi connectivity index (χ0n) is 14.8. The summed E-state index contributed by atoms with van der Waals surface area (Å²) in [7, 11) is 0. The minimum absolute atomic E-state index is 0.0125. The number of nitrogens with one attached hydrogen (secondary N) is 1. The molecule has 0 radical (unpaired) electrons. The van der Waals surface area contributed by atoms with Crippen LogP contribution in [-0.2, 0) is 0 Å². The summed E-state index contributed by atoms with van der Waals surface area (Å²) in [4.78, 5) is 13.9. The molecule has 1 atom stereocenters. The van der Waals surface area contributed by atoms with E-state index in [1.54, 1.807) is 0 Å². The second-order valence-electron chi connectivity index (χ2n) is 6.67. The lowest BCUT2D eigenvalue weighted by Gasteiger charge is -2.33. The third kappa shape index (κ3) is 6.04. The molecule has 1 aromatic carbocycles. The van der Waals surface area contributed by atoms with E-state index in [0.717, 1.165) is 44.5 Å². The lowest BCUT2D eigenvalue weighted by Crippen LogP contribution is -2.46. The van der Waals surface area contributed by atoms with E-state index >= 15 is 0 Å². The van der Waals surface area contributed by atoms with Gasteiger partial charge in [-0.25, -0.2) is 4.79 Å². The van der Waals surface area contributed by atoms with E-state index in [9.17, 15) is 9.90 Å². The Morgan fingerprint density at radius 1 is 1.29 bits per heavy atom. The lowest BCUT2D eigenvalue weighted by molar-refractivity contribution is 0.0798. The van der Waals surface area contributed by atoms with Crippen LogP contribution in [0.3, 0.4) is 0 Å². The van der Waals surface area contributed by atoms with Gasteiger partial charge in [0.1, 0.15) is 5.75 Å². The van der Waals surface area contributed by atoms with Gasteiger partial charge in [-0.3, -0.25) is 0 Å². The summed E-state index contributed by atoms with van der Waals surface area (Å²) in [6, 6.07) is 8.05. The molecule has 0 saturated carbocycles. The summed E-state index contributed by atoms with van der Waals surface area (Å²) < 4.78 is 5.67. The first-order valence-corrected chi connectivity index (χ1v) is 8.96. The predicted octanol–water partition coefficient (Wildman–Crippen LogP) is 2.96. The number of hydrogen-bond donors (Lipinski definition) is 2. The van der Waals surface area contributed by atoms with E-state index in [0.29, 0.717) is 19.1 Å². The maximum absolute atomic E-state index is 12.1. The lowest BCUT2D eigenvalue weighted by atomic mass is 9.92. The molecule has 0 aliphatic carbocycles. The number of ether oxygens (including phenoxy) is 1. The summed E-state index contributed by atoms with van der Waals surface area (Å²) in [6.45, 7) is 6.69. The van der Waals surface area contributed by atoms with Crippen molar-refractivity contribution in [3.8, 4) is 5.75 Å². The first-order valence-electron chi connectivity index (χ1n) is 8.96. The summed E-state index contributed by atoms with van der Waals surface area (Å²) in [5.74, 6) is 1.22. The Bertz CT molecular complexity index is 494. The Hall–Kier alpha value is -1.75. The van der Waals surface area contributed by atoms with Gasteiger partial charge >= 0.3 is 6.03 Å².